The van der Waals surface area contributed by atoms with Crippen LogP contribution in [0.25, 0.3) is 5.83 Å². The van der Waals surface area contributed by atoms with Gasteiger partial charge in [0.05, 0.1) is 32.2 Å². The van der Waals surface area contributed by atoms with Gasteiger partial charge in [0, 0.05) is 5.56 Å². The molecule has 0 aliphatic rings. The zero-order valence-electron chi connectivity index (χ0n) is 19.7. The van der Waals surface area contributed by atoms with E-state index in [0.717, 1.165) is 19.1 Å². The third-order valence-corrected chi connectivity index (χ3v) is 7.73. The fourth-order valence-corrected chi connectivity index (χ4v) is 5.10. The number of alkyl halides is 9. The number of hydrogen-bond donors (Lipinski definition) is 1. The minimum atomic E-state index is -5.30. The Morgan fingerprint density at radius 1 is 1.00 bits per heavy atom. The van der Waals surface area contributed by atoms with Gasteiger partial charge in [0.1, 0.15) is 17.5 Å². The third-order valence-electron chi connectivity index (χ3n) is 5.01. The molecule has 2 aromatic carbocycles. The average Bonchev–Trinajstić information content (AvgIpc) is 2.77. The lowest BCUT2D eigenvalue weighted by Crippen LogP contribution is -2.40. The standard InChI is InChI=1S/C23H16Cl3F10NO2S/c1-10(8-40(39)9-21(28,29)30)37-20(38)13-3-2-11(4-15(13)23(34,35)36)18(27)7-14(22(31,32)33)12-5-16(24)19(26)17(25)6-12/h2-7,10,14H,8-9H2,1H3,(H,37,38)/b18-7-/t10-,14?,40?/m1/s1. The first-order valence-electron chi connectivity index (χ1n) is 10.6. The molecule has 222 valence electrons. The fraction of sp³-hybridized carbons (Fsp3) is 0.348. The molecular weight excluding hydrogens is 651 g/mol. The summed E-state index contributed by atoms with van der Waals surface area (Å²) in [5, 5.41) is 0.914. The van der Waals surface area contributed by atoms with Crippen molar-refractivity contribution >= 4 is 57.7 Å². The van der Waals surface area contributed by atoms with Crippen molar-refractivity contribution in [3.63, 3.8) is 0 Å². The second-order valence-corrected chi connectivity index (χ2v) is 11.0. The first-order valence-corrected chi connectivity index (χ1v) is 13.2. The number of rotatable bonds is 8. The zero-order chi connectivity index (χ0) is 30.8. The van der Waals surface area contributed by atoms with Gasteiger partial charge in [-0.25, -0.2) is 4.39 Å². The van der Waals surface area contributed by atoms with Crippen LogP contribution < -0.4 is 5.32 Å². The molecule has 0 fully saturated rings. The summed E-state index contributed by atoms with van der Waals surface area (Å²) in [7, 11) is 0. The van der Waals surface area contributed by atoms with Crippen LogP contribution in [0, 0.1) is 0 Å². The molecule has 0 heterocycles. The SMILES string of the molecule is C[C@H](C[S+]([O-])CC(F)(F)F)NC(=O)c1ccc(/C(F)=C/C(c2cc(Cl)c(Cl)c(Cl)c2)C(F)(F)F)cc1C(F)(F)F. The number of nitrogens with one attached hydrogen (secondary N) is 1. The van der Waals surface area contributed by atoms with Gasteiger partial charge in [-0.15, -0.1) is 0 Å². The van der Waals surface area contributed by atoms with E-state index in [9.17, 15) is 53.3 Å². The van der Waals surface area contributed by atoms with Gasteiger partial charge in [-0.1, -0.05) is 40.9 Å². The van der Waals surface area contributed by atoms with Crippen molar-refractivity contribution in [1.82, 2.24) is 5.32 Å². The average molecular weight is 667 g/mol. The van der Waals surface area contributed by atoms with E-state index in [1.807, 2.05) is 5.32 Å². The van der Waals surface area contributed by atoms with Gasteiger partial charge in [-0.05, 0) is 54.0 Å². The molecule has 0 aliphatic carbocycles. The maximum absolute atomic E-state index is 14.9. The molecule has 1 amide bonds. The second kappa shape index (κ2) is 13.0. The fourth-order valence-electron chi connectivity index (χ4n) is 3.37. The molecule has 3 nitrogen and oxygen atoms in total. The van der Waals surface area contributed by atoms with Gasteiger partial charge in [-0.2, -0.15) is 39.5 Å². The number of allylic oxidation sites excluding steroid dienone is 1. The summed E-state index contributed by atoms with van der Waals surface area (Å²) >= 11 is 14.7. The quantitative estimate of drug-likeness (QED) is 0.174. The molecule has 0 aliphatic heterocycles. The summed E-state index contributed by atoms with van der Waals surface area (Å²) in [5.74, 6) is -8.33. The Morgan fingerprint density at radius 3 is 2.02 bits per heavy atom. The van der Waals surface area contributed by atoms with Crippen molar-refractivity contribution in [2.45, 2.75) is 37.4 Å². The van der Waals surface area contributed by atoms with Crippen LogP contribution in [0.1, 0.15) is 39.9 Å². The molecule has 0 radical (unpaired) electrons. The summed E-state index contributed by atoms with van der Waals surface area (Å²) < 4.78 is 146. The van der Waals surface area contributed by atoms with Gasteiger partial charge in [-0.3, -0.25) is 4.79 Å². The lowest BCUT2D eigenvalue weighted by atomic mass is 9.95. The number of carbonyl (C=O) groups excluding carboxylic acids is 1. The van der Waals surface area contributed by atoms with Crippen LogP contribution >= 0.6 is 34.8 Å². The lowest BCUT2D eigenvalue weighted by Gasteiger charge is -2.20. The highest BCUT2D eigenvalue weighted by Crippen LogP contribution is 2.42. The smallest absolute Gasteiger partial charge is 0.433 e. The van der Waals surface area contributed by atoms with Gasteiger partial charge in [0.15, 0.2) is 0 Å². The predicted molar refractivity (Wildman–Crippen MR) is 132 cm³/mol. The van der Waals surface area contributed by atoms with E-state index in [4.69, 9.17) is 34.8 Å². The number of benzene rings is 2. The highest BCUT2D eigenvalue weighted by Gasteiger charge is 2.41. The summed E-state index contributed by atoms with van der Waals surface area (Å²) in [5.41, 5.74) is -4.47. The molecule has 2 aromatic rings. The second-order valence-electron chi connectivity index (χ2n) is 8.33. The molecule has 40 heavy (non-hydrogen) atoms. The summed E-state index contributed by atoms with van der Waals surface area (Å²) in [4.78, 5) is 12.4. The van der Waals surface area contributed by atoms with Crippen molar-refractivity contribution < 1.29 is 53.3 Å². The highest BCUT2D eigenvalue weighted by molar-refractivity contribution is 7.91. The van der Waals surface area contributed by atoms with Gasteiger partial charge < -0.3 is 9.87 Å². The predicted octanol–water partition coefficient (Wildman–Crippen LogP) is 8.75. The molecular formula is C23H16Cl3F10NO2S. The van der Waals surface area contributed by atoms with Gasteiger partial charge in [0.2, 0.25) is 5.75 Å². The molecule has 2 rings (SSSR count). The minimum absolute atomic E-state index is 0.0107. The van der Waals surface area contributed by atoms with Crippen LogP contribution in [-0.2, 0) is 17.4 Å². The molecule has 3 atom stereocenters. The molecule has 0 aromatic heterocycles. The maximum Gasteiger partial charge on any atom is 0.433 e. The molecule has 1 N–H and O–H groups in total. The van der Waals surface area contributed by atoms with E-state index in [0.29, 0.717) is 12.1 Å². The lowest BCUT2D eigenvalue weighted by molar-refractivity contribution is -0.140. The topological polar surface area (TPSA) is 52.2 Å². The van der Waals surface area contributed by atoms with Gasteiger partial charge in [0.25, 0.3) is 5.91 Å². The normalized spacial score (nSPS) is 15.5. The van der Waals surface area contributed by atoms with Gasteiger partial charge >= 0.3 is 18.5 Å². The van der Waals surface area contributed by atoms with Crippen molar-refractivity contribution in [2.24, 2.45) is 0 Å². The van der Waals surface area contributed by atoms with Crippen LogP contribution in [0.2, 0.25) is 15.1 Å². The Balaban J connectivity index is 2.43. The van der Waals surface area contributed by atoms with E-state index < -0.39 is 97.2 Å². The van der Waals surface area contributed by atoms with E-state index >= 15 is 0 Å². The van der Waals surface area contributed by atoms with Crippen molar-refractivity contribution in [2.75, 3.05) is 11.5 Å². The van der Waals surface area contributed by atoms with Crippen LogP contribution in [0.3, 0.4) is 0 Å². The number of hydrogen-bond acceptors (Lipinski definition) is 2. The van der Waals surface area contributed by atoms with Crippen molar-refractivity contribution in [3.8, 4) is 0 Å². The van der Waals surface area contributed by atoms with E-state index in [2.05, 4.69) is 0 Å². The largest absolute Gasteiger partial charge is 0.616 e. The Bertz CT molecular complexity index is 1240. The monoisotopic (exact) mass is 665 g/mol. The zero-order valence-corrected chi connectivity index (χ0v) is 22.8. The molecule has 0 saturated heterocycles. The summed E-state index contributed by atoms with van der Waals surface area (Å²) in [6, 6.07) is 1.45. The Kier molecular flexibility index (Phi) is 11.1. The van der Waals surface area contributed by atoms with Crippen LogP contribution in [0.5, 0.6) is 0 Å². The first kappa shape index (κ1) is 34.3. The Hall–Kier alpha value is -1.87. The summed E-state index contributed by atoms with van der Waals surface area (Å²) in [6.45, 7) is 1.10. The molecule has 0 spiro atoms. The van der Waals surface area contributed by atoms with Crippen LogP contribution in [0.4, 0.5) is 43.9 Å². The minimum Gasteiger partial charge on any atom is -0.616 e. The van der Waals surface area contributed by atoms with E-state index in [1.54, 1.807) is 0 Å². The molecule has 2 unspecified atom stereocenters. The Morgan fingerprint density at radius 2 is 1.55 bits per heavy atom. The van der Waals surface area contributed by atoms with Crippen molar-refractivity contribution in [1.29, 1.82) is 0 Å². The molecule has 0 bridgehead atoms. The van der Waals surface area contributed by atoms with E-state index in [1.165, 1.54) is 0 Å². The molecule has 0 saturated carbocycles. The highest BCUT2D eigenvalue weighted by atomic mass is 35.5. The Labute approximate surface area is 238 Å². The first-order chi connectivity index (χ1) is 18.1. The van der Waals surface area contributed by atoms with Crippen molar-refractivity contribution in [3.05, 3.63) is 73.7 Å². The number of carbonyl (C=O) groups is 1. The third kappa shape index (κ3) is 9.61. The van der Waals surface area contributed by atoms with Crippen LogP contribution in [-0.4, -0.2) is 40.4 Å². The number of amides is 1. The summed E-state index contributed by atoms with van der Waals surface area (Å²) in [6.07, 6.45) is -15.2. The maximum atomic E-state index is 14.9. The van der Waals surface area contributed by atoms with Crippen LogP contribution in [0.15, 0.2) is 36.4 Å². The number of halogens is 13. The van der Waals surface area contributed by atoms with E-state index in [-0.39, 0.29) is 17.2 Å². The molecule has 17 heteroatoms.